The van der Waals surface area contributed by atoms with Crippen LogP contribution in [0.15, 0.2) is 47.6 Å². The summed E-state index contributed by atoms with van der Waals surface area (Å²) >= 11 is 7.39. The molecule has 0 spiro atoms. The van der Waals surface area contributed by atoms with Gasteiger partial charge in [0.05, 0.1) is 5.75 Å². The number of hydrogen-bond acceptors (Lipinski definition) is 6. The number of hydrogen-bond donors (Lipinski definition) is 0. The van der Waals surface area contributed by atoms with Crippen molar-refractivity contribution in [1.82, 2.24) is 19.8 Å². The zero-order valence-corrected chi connectivity index (χ0v) is 18.4. The van der Waals surface area contributed by atoms with Crippen LogP contribution in [0.1, 0.15) is 5.56 Å². The van der Waals surface area contributed by atoms with Gasteiger partial charge in [-0.15, -0.1) is 0 Å². The van der Waals surface area contributed by atoms with Crippen LogP contribution in [-0.4, -0.2) is 78.2 Å². The lowest BCUT2D eigenvalue weighted by Crippen LogP contribution is -2.49. The highest BCUT2D eigenvalue weighted by Crippen LogP contribution is 2.21. The van der Waals surface area contributed by atoms with Crippen molar-refractivity contribution in [2.45, 2.75) is 5.16 Å². The molecule has 8 heteroatoms. The van der Waals surface area contributed by atoms with Gasteiger partial charge in [-0.3, -0.25) is 9.69 Å². The molecule has 0 aliphatic carbocycles. The third kappa shape index (κ3) is 6.73. The van der Waals surface area contributed by atoms with Crippen molar-refractivity contribution in [2.75, 3.05) is 57.5 Å². The molecule has 1 aromatic carbocycles. The summed E-state index contributed by atoms with van der Waals surface area (Å²) in [4.78, 5) is 27.3. The maximum Gasteiger partial charge on any atom is 0.233 e. The summed E-state index contributed by atoms with van der Waals surface area (Å²) in [6, 6.07) is 12.0. The number of halogens is 1. The monoisotopic (exact) mass is 431 g/mol. The van der Waals surface area contributed by atoms with Crippen LogP contribution in [0.3, 0.4) is 0 Å². The van der Waals surface area contributed by atoms with E-state index in [9.17, 15) is 4.79 Å². The third-order valence-electron chi connectivity index (χ3n) is 4.64. The number of anilines is 1. The SMILES string of the molecule is CN(C)c1cc(Cl)nc(SCC(=O)N2CCN(C/C=C/c3ccccc3)CC2)n1. The number of amides is 1. The first-order valence-electron chi connectivity index (χ1n) is 9.57. The fourth-order valence-electron chi connectivity index (χ4n) is 2.98. The molecule has 2 aromatic rings. The Labute approximate surface area is 181 Å². The molecule has 0 saturated carbocycles. The number of rotatable bonds is 7. The molecule has 1 aromatic heterocycles. The zero-order chi connectivity index (χ0) is 20.6. The summed E-state index contributed by atoms with van der Waals surface area (Å²) in [6.45, 7) is 4.16. The number of nitrogens with zero attached hydrogens (tertiary/aromatic N) is 5. The molecular formula is C21H26ClN5OS. The van der Waals surface area contributed by atoms with Crippen molar-refractivity contribution in [3.8, 4) is 0 Å². The molecule has 0 radical (unpaired) electrons. The molecule has 1 saturated heterocycles. The zero-order valence-electron chi connectivity index (χ0n) is 16.8. The van der Waals surface area contributed by atoms with Crippen molar-refractivity contribution in [3.05, 3.63) is 53.2 Å². The van der Waals surface area contributed by atoms with E-state index in [1.54, 1.807) is 6.07 Å². The fraction of sp³-hybridized carbons (Fsp3) is 0.381. The van der Waals surface area contributed by atoms with Crippen LogP contribution in [0.2, 0.25) is 5.15 Å². The minimum atomic E-state index is 0.115. The normalized spacial score (nSPS) is 15.1. The van der Waals surface area contributed by atoms with Gasteiger partial charge in [0.15, 0.2) is 5.16 Å². The van der Waals surface area contributed by atoms with Crippen molar-refractivity contribution in [1.29, 1.82) is 0 Å². The highest BCUT2D eigenvalue weighted by atomic mass is 35.5. The first-order chi connectivity index (χ1) is 14.0. The van der Waals surface area contributed by atoms with Crippen LogP contribution in [-0.2, 0) is 4.79 Å². The molecule has 3 rings (SSSR count). The molecule has 0 atom stereocenters. The maximum absolute atomic E-state index is 12.6. The van der Waals surface area contributed by atoms with E-state index in [0.717, 1.165) is 38.5 Å². The van der Waals surface area contributed by atoms with Gasteiger partial charge in [-0.2, -0.15) is 0 Å². The maximum atomic E-state index is 12.6. The summed E-state index contributed by atoms with van der Waals surface area (Å²) in [5, 5.41) is 0.912. The van der Waals surface area contributed by atoms with Crippen LogP contribution < -0.4 is 4.90 Å². The first kappa shape index (κ1) is 21.6. The number of aromatic nitrogens is 2. The van der Waals surface area contributed by atoms with Crippen LogP contribution >= 0.6 is 23.4 Å². The largest absolute Gasteiger partial charge is 0.363 e. The molecule has 2 heterocycles. The summed E-state index contributed by atoms with van der Waals surface area (Å²) in [6.07, 6.45) is 4.32. The Bertz CT molecular complexity index is 838. The number of piperazine rings is 1. The predicted octanol–water partition coefficient (Wildman–Crippen LogP) is 3.15. The molecule has 1 fully saturated rings. The van der Waals surface area contributed by atoms with E-state index >= 15 is 0 Å². The van der Waals surface area contributed by atoms with E-state index in [1.165, 1.54) is 17.3 Å². The molecule has 154 valence electrons. The first-order valence-corrected chi connectivity index (χ1v) is 10.9. The molecule has 0 bridgehead atoms. The standard InChI is InChI=1S/C21H26ClN5OS/c1-25(2)19-15-18(22)23-21(24-19)29-16-20(28)27-13-11-26(12-14-27)10-6-9-17-7-4-3-5-8-17/h3-9,15H,10-14,16H2,1-2H3/b9-6+. The van der Waals surface area contributed by atoms with Crippen LogP contribution in [0.5, 0.6) is 0 Å². The highest BCUT2D eigenvalue weighted by Gasteiger charge is 2.21. The lowest BCUT2D eigenvalue weighted by atomic mass is 10.2. The van der Waals surface area contributed by atoms with E-state index in [2.05, 4.69) is 39.2 Å². The van der Waals surface area contributed by atoms with Gasteiger partial charge in [0, 0.05) is 52.9 Å². The average Bonchev–Trinajstić information content (AvgIpc) is 2.73. The molecule has 6 nitrogen and oxygen atoms in total. The van der Waals surface area contributed by atoms with Crippen molar-refractivity contribution in [2.24, 2.45) is 0 Å². The second-order valence-corrected chi connectivity index (χ2v) is 8.34. The Kier molecular flexibility index (Phi) is 7.91. The molecule has 0 unspecified atom stereocenters. The summed E-state index contributed by atoms with van der Waals surface area (Å²) < 4.78 is 0. The van der Waals surface area contributed by atoms with E-state index in [-0.39, 0.29) is 5.91 Å². The average molecular weight is 432 g/mol. The van der Waals surface area contributed by atoms with E-state index in [4.69, 9.17) is 11.6 Å². The second kappa shape index (κ2) is 10.6. The number of carbonyl (C=O) groups is 1. The van der Waals surface area contributed by atoms with E-state index < -0.39 is 0 Å². The van der Waals surface area contributed by atoms with Gasteiger partial charge < -0.3 is 9.80 Å². The van der Waals surface area contributed by atoms with E-state index in [0.29, 0.717) is 16.1 Å². The fourth-order valence-corrected chi connectivity index (χ4v) is 3.96. The Morgan fingerprint density at radius 1 is 1.17 bits per heavy atom. The molecule has 29 heavy (non-hydrogen) atoms. The molecule has 0 N–H and O–H groups in total. The van der Waals surface area contributed by atoms with Crippen molar-refractivity contribution in [3.63, 3.8) is 0 Å². The molecule has 1 aliphatic rings. The smallest absolute Gasteiger partial charge is 0.233 e. The predicted molar refractivity (Wildman–Crippen MR) is 121 cm³/mol. The van der Waals surface area contributed by atoms with Crippen molar-refractivity contribution >= 4 is 41.2 Å². The Balaban J connectivity index is 1.42. The van der Waals surface area contributed by atoms with Gasteiger partial charge in [0.2, 0.25) is 5.91 Å². The number of carbonyl (C=O) groups excluding carboxylic acids is 1. The molecular weight excluding hydrogens is 406 g/mol. The van der Waals surface area contributed by atoms with Gasteiger partial charge in [-0.1, -0.05) is 65.8 Å². The van der Waals surface area contributed by atoms with Crippen LogP contribution in [0, 0.1) is 0 Å². The molecule has 1 aliphatic heterocycles. The second-order valence-electron chi connectivity index (χ2n) is 7.01. The number of thioether (sulfide) groups is 1. The van der Waals surface area contributed by atoms with Gasteiger partial charge >= 0.3 is 0 Å². The summed E-state index contributed by atoms with van der Waals surface area (Å²) in [7, 11) is 3.79. The minimum absolute atomic E-state index is 0.115. The summed E-state index contributed by atoms with van der Waals surface area (Å²) in [5.74, 6) is 1.17. The van der Waals surface area contributed by atoms with Crippen LogP contribution in [0.25, 0.3) is 6.08 Å². The Morgan fingerprint density at radius 3 is 2.59 bits per heavy atom. The van der Waals surface area contributed by atoms with Crippen LogP contribution in [0.4, 0.5) is 5.82 Å². The lowest BCUT2D eigenvalue weighted by Gasteiger charge is -2.34. The Hall–Kier alpha value is -2.09. The highest BCUT2D eigenvalue weighted by molar-refractivity contribution is 7.99. The van der Waals surface area contributed by atoms with Gasteiger partial charge in [-0.25, -0.2) is 9.97 Å². The Morgan fingerprint density at radius 2 is 1.90 bits per heavy atom. The quantitative estimate of drug-likeness (QED) is 0.381. The third-order valence-corrected chi connectivity index (χ3v) is 5.67. The summed E-state index contributed by atoms with van der Waals surface area (Å²) in [5.41, 5.74) is 1.21. The lowest BCUT2D eigenvalue weighted by molar-refractivity contribution is -0.130. The topological polar surface area (TPSA) is 52.6 Å². The van der Waals surface area contributed by atoms with Gasteiger partial charge in [-0.05, 0) is 5.56 Å². The van der Waals surface area contributed by atoms with E-state index in [1.807, 2.05) is 42.1 Å². The number of benzene rings is 1. The van der Waals surface area contributed by atoms with Gasteiger partial charge in [0.1, 0.15) is 11.0 Å². The van der Waals surface area contributed by atoms with Gasteiger partial charge in [0.25, 0.3) is 0 Å². The minimum Gasteiger partial charge on any atom is -0.363 e. The van der Waals surface area contributed by atoms with Crippen molar-refractivity contribution < 1.29 is 4.79 Å². The molecule has 1 amide bonds.